The number of ether oxygens (including phenoxy) is 1. The van der Waals surface area contributed by atoms with E-state index in [1.54, 1.807) is 19.4 Å². The minimum absolute atomic E-state index is 0.201. The molecule has 188 valence electrons. The van der Waals surface area contributed by atoms with Gasteiger partial charge in [0.2, 0.25) is 5.91 Å². The smallest absolute Gasteiger partial charge is 0.221 e. The number of hydrogen-bond donors (Lipinski definition) is 2. The Labute approximate surface area is 225 Å². The van der Waals surface area contributed by atoms with Gasteiger partial charge in [-0.05, 0) is 79.3 Å². The number of aromatic nitrogens is 1. The second-order valence-electron chi connectivity index (χ2n) is 8.72. The molecule has 1 fully saturated rings. The molecule has 0 radical (unpaired) electrons. The first-order valence-corrected chi connectivity index (χ1v) is 12.5. The second-order valence-corrected chi connectivity index (χ2v) is 9.55. The van der Waals surface area contributed by atoms with Crippen molar-refractivity contribution in [3.05, 3.63) is 95.0 Å². The molecule has 9 heteroatoms. The summed E-state index contributed by atoms with van der Waals surface area (Å²) in [5.41, 5.74) is 4.11. The molecule has 0 spiro atoms. The van der Waals surface area contributed by atoms with Crippen LogP contribution in [0.4, 0.5) is 11.4 Å². The molecule has 37 heavy (non-hydrogen) atoms. The standard InChI is InChI=1S/C28H25ClN4O3S/c1-16-7-8-18(29)14-20(16)23-11-12-25(36-23)27-26(21-6-4-5-13-30-21)32-28(37)33(27)19-9-10-24(35-3)22(15-19)31-17(2)34/h4-15,26-27H,1-3H3,(H,31,34)(H,32,37). The Balaban J connectivity index is 1.62. The van der Waals surface area contributed by atoms with E-state index >= 15 is 0 Å². The van der Waals surface area contributed by atoms with E-state index in [0.717, 1.165) is 22.5 Å². The summed E-state index contributed by atoms with van der Waals surface area (Å²) in [7, 11) is 1.56. The van der Waals surface area contributed by atoms with E-state index in [1.807, 2.05) is 72.5 Å². The van der Waals surface area contributed by atoms with Crippen molar-refractivity contribution in [2.24, 2.45) is 0 Å². The van der Waals surface area contributed by atoms with Crippen LogP contribution in [0.25, 0.3) is 11.3 Å². The van der Waals surface area contributed by atoms with Gasteiger partial charge in [-0.15, -0.1) is 0 Å². The summed E-state index contributed by atoms with van der Waals surface area (Å²) in [5, 5.41) is 7.40. The Morgan fingerprint density at radius 1 is 1.16 bits per heavy atom. The van der Waals surface area contributed by atoms with E-state index in [-0.39, 0.29) is 18.0 Å². The number of amides is 1. The summed E-state index contributed by atoms with van der Waals surface area (Å²) in [6.45, 7) is 3.47. The van der Waals surface area contributed by atoms with E-state index in [4.69, 9.17) is 33.0 Å². The lowest BCUT2D eigenvalue weighted by atomic mass is 10.0. The molecule has 1 aliphatic heterocycles. The van der Waals surface area contributed by atoms with Crippen molar-refractivity contribution in [3.8, 4) is 17.1 Å². The number of benzene rings is 2. The van der Waals surface area contributed by atoms with Crippen LogP contribution in [0.3, 0.4) is 0 Å². The van der Waals surface area contributed by atoms with Crippen LogP contribution in [-0.4, -0.2) is 23.1 Å². The van der Waals surface area contributed by atoms with Crippen LogP contribution in [0.2, 0.25) is 5.02 Å². The molecule has 2 N–H and O–H groups in total. The molecule has 2 atom stereocenters. The number of methoxy groups -OCH3 is 1. The third kappa shape index (κ3) is 4.90. The highest BCUT2D eigenvalue weighted by Gasteiger charge is 2.42. The molecule has 1 aliphatic rings. The summed E-state index contributed by atoms with van der Waals surface area (Å²) in [6, 6.07) is 20.3. The number of anilines is 2. The molecular weight excluding hydrogens is 508 g/mol. The predicted octanol–water partition coefficient (Wildman–Crippen LogP) is 6.45. The highest BCUT2D eigenvalue weighted by molar-refractivity contribution is 7.80. The Bertz CT molecular complexity index is 1470. The summed E-state index contributed by atoms with van der Waals surface area (Å²) < 4.78 is 11.9. The number of pyridine rings is 1. The predicted molar refractivity (Wildman–Crippen MR) is 149 cm³/mol. The van der Waals surface area contributed by atoms with Crippen LogP contribution in [0.1, 0.15) is 36.0 Å². The zero-order chi connectivity index (χ0) is 26.1. The average molecular weight is 533 g/mol. The monoisotopic (exact) mass is 532 g/mol. The number of thiocarbonyl (C=S) groups is 1. The van der Waals surface area contributed by atoms with Gasteiger partial charge in [0.1, 0.15) is 23.3 Å². The van der Waals surface area contributed by atoms with Crippen molar-refractivity contribution in [1.29, 1.82) is 0 Å². The number of furan rings is 1. The maximum Gasteiger partial charge on any atom is 0.221 e. The quantitative estimate of drug-likeness (QED) is 0.276. The van der Waals surface area contributed by atoms with Gasteiger partial charge in [0.15, 0.2) is 5.11 Å². The summed E-state index contributed by atoms with van der Waals surface area (Å²) in [5.74, 6) is 1.76. The van der Waals surface area contributed by atoms with Crippen LogP contribution in [0.5, 0.6) is 5.75 Å². The van der Waals surface area contributed by atoms with Crippen molar-refractivity contribution in [2.45, 2.75) is 25.9 Å². The topological polar surface area (TPSA) is 79.6 Å². The zero-order valence-corrected chi connectivity index (χ0v) is 22.1. The van der Waals surface area contributed by atoms with E-state index in [1.165, 1.54) is 6.92 Å². The maximum atomic E-state index is 11.8. The number of hydrogen-bond acceptors (Lipinski definition) is 5. The van der Waals surface area contributed by atoms with Gasteiger partial charge in [0.25, 0.3) is 0 Å². The number of carbonyl (C=O) groups is 1. The molecule has 1 saturated heterocycles. The highest BCUT2D eigenvalue weighted by atomic mass is 35.5. The first-order chi connectivity index (χ1) is 17.9. The molecule has 2 aromatic heterocycles. The number of aryl methyl sites for hydroxylation is 1. The van der Waals surface area contributed by atoms with Crippen molar-refractivity contribution < 1.29 is 13.9 Å². The molecule has 4 aromatic rings. The van der Waals surface area contributed by atoms with Gasteiger partial charge < -0.3 is 24.7 Å². The Morgan fingerprint density at radius 3 is 2.73 bits per heavy atom. The molecule has 2 unspecified atom stereocenters. The van der Waals surface area contributed by atoms with Gasteiger partial charge in [-0.1, -0.05) is 23.7 Å². The number of rotatable bonds is 6. The van der Waals surface area contributed by atoms with E-state index in [2.05, 4.69) is 15.6 Å². The van der Waals surface area contributed by atoms with Crippen molar-refractivity contribution >= 4 is 46.2 Å². The van der Waals surface area contributed by atoms with Crippen molar-refractivity contribution in [3.63, 3.8) is 0 Å². The first-order valence-electron chi connectivity index (χ1n) is 11.7. The molecule has 0 bridgehead atoms. The highest BCUT2D eigenvalue weighted by Crippen LogP contribution is 2.44. The lowest BCUT2D eigenvalue weighted by Crippen LogP contribution is -2.29. The molecule has 3 heterocycles. The molecule has 7 nitrogen and oxygen atoms in total. The molecule has 5 rings (SSSR count). The van der Waals surface area contributed by atoms with Crippen LogP contribution in [0, 0.1) is 6.92 Å². The van der Waals surface area contributed by atoms with Gasteiger partial charge in [-0.25, -0.2) is 0 Å². The van der Waals surface area contributed by atoms with Crippen LogP contribution in [0.15, 0.2) is 77.3 Å². The number of nitrogens with zero attached hydrogens (tertiary/aromatic N) is 2. The van der Waals surface area contributed by atoms with Gasteiger partial charge in [0, 0.05) is 29.4 Å². The average Bonchev–Trinajstić information content (AvgIpc) is 3.50. The van der Waals surface area contributed by atoms with Crippen molar-refractivity contribution in [1.82, 2.24) is 10.3 Å². The fourth-order valence-corrected chi connectivity index (χ4v) is 5.09. The van der Waals surface area contributed by atoms with Gasteiger partial charge in [-0.2, -0.15) is 0 Å². The summed E-state index contributed by atoms with van der Waals surface area (Å²) >= 11 is 12.1. The fourth-order valence-electron chi connectivity index (χ4n) is 4.57. The summed E-state index contributed by atoms with van der Waals surface area (Å²) in [4.78, 5) is 18.4. The molecule has 1 amide bonds. The van der Waals surface area contributed by atoms with Crippen LogP contribution < -0.4 is 20.3 Å². The van der Waals surface area contributed by atoms with E-state index in [0.29, 0.717) is 33.1 Å². The number of halogens is 1. The van der Waals surface area contributed by atoms with E-state index < -0.39 is 0 Å². The minimum atomic E-state index is -0.353. The van der Waals surface area contributed by atoms with Crippen LogP contribution >= 0.6 is 23.8 Å². The lowest BCUT2D eigenvalue weighted by Gasteiger charge is -2.27. The molecule has 0 aliphatic carbocycles. The third-order valence-corrected chi connectivity index (χ3v) is 6.80. The molecule has 2 aromatic carbocycles. The van der Waals surface area contributed by atoms with Gasteiger partial charge in [-0.3, -0.25) is 9.78 Å². The number of carbonyl (C=O) groups excluding carboxylic acids is 1. The SMILES string of the molecule is COc1ccc(N2C(=S)NC(c3ccccn3)C2c2ccc(-c3cc(Cl)ccc3C)o2)cc1NC(C)=O. The largest absolute Gasteiger partial charge is 0.495 e. The second kappa shape index (κ2) is 10.2. The number of nitrogens with one attached hydrogen (secondary N) is 2. The Kier molecular flexibility index (Phi) is 6.86. The summed E-state index contributed by atoms with van der Waals surface area (Å²) in [6.07, 6.45) is 1.75. The van der Waals surface area contributed by atoms with E-state index in [9.17, 15) is 4.79 Å². The maximum absolute atomic E-state index is 11.8. The third-order valence-electron chi connectivity index (χ3n) is 6.25. The van der Waals surface area contributed by atoms with Gasteiger partial charge in [0.05, 0.1) is 24.5 Å². The Hall–Kier alpha value is -3.88. The Morgan fingerprint density at radius 2 is 2.00 bits per heavy atom. The zero-order valence-electron chi connectivity index (χ0n) is 20.5. The molecular formula is C28H25ClN4O3S. The fraction of sp³-hybridized carbons (Fsp3) is 0.179. The molecule has 0 saturated carbocycles. The normalized spacial score (nSPS) is 17.0. The van der Waals surface area contributed by atoms with Crippen LogP contribution in [-0.2, 0) is 4.79 Å². The van der Waals surface area contributed by atoms with Gasteiger partial charge >= 0.3 is 0 Å². The first kappa shape index (κ1) is 24.8. The van der Waals surface area contributed by atoms with Crippen molar-refractivity contribution in [2.75, 3.05) is 17.3 Å². The lowest BCUT2D eigenvalue weighted by molar-refractivity contribution is -0.114. The minimum Gasteiger partial charge on any atom is -0.495 e.